The third kappa shape index (κ3) is 2.95. The number of carbonyl (C=O) groups excluding carboxylic acids is 2. The van der Waals surface area contributed by atoms with Crippen LogP contribution in [-0.2, 0) is 9.59 Å². The van der Waals surface area contributed by atoms with Gasteiger partial charge in [0, 0.05) is 11.8 Å². The monoisotopic (exact) mass is 374 g/mol. The molecule has 1 atom stereocenters. The number of anilines is 1. The van der Waals surface area contributed by atoms with Crippen LogP contribution in [0.2, 0.25) is 0 Å². The number of hydrogen-bond acceptors (Lipinski definition) is 4. The Kier molecular flexibility index (Phi) is 4.45. The summed E-state index contributed by atoms with van der Waals surface area (Å²) in [4.78, 5) is 31.0. The van der Waals surface area contributed by atoms with Crippen LogP contribution in [-0.4, -0.2) is 21.8 Å². The Morgan fingerprint density at radius 2 is 1.71 bits per heavy atom. The highest BCUT2D eigenvalue weighted by Crippen LogP contribution is 2.41. The fourth-order valence-electron chi connectivity index (χ4n) is 3.31. The van der Waals surface area contributed by atoms with Crippen molar-refractivity contribution in [3.05, 3.63) is 102 Å². The first-order valence-electron chi connectivity index (χ1n) is 8.61. The van der Waals surface area contributed by atoms with Gasteiger partial charge >= 0.3 is 5.91 Å². The average Bonchev–Trinajstić information content (AvgIpc) is 3.00. The number of pyridine rings is 1. The highest BCUT2D eigenvalue weighted by atomic mass is 19.1. The molecule has 1 amide bonds. The zero-order valence-corrected chi connectivity index (χ0v) is 14.6. The predicted octanol–water partition coefficient (Wildman–Crippen LogP) is 3.85. The highest BCUT2D eigenvalue weighted by Gasteiger charge is 2.47. The number of Topliss-reactive ketones (excluding diaryl/α,β-unsaturated/α-hetero) is 1. The Bertz CT molecular complexity index is 1080. The van der Waals surface area contributed by atoms with Gasteiger partial charge in [-0.05, 0) is 29.8 Å². The first kappa shape index (κ1) is 17.6. The maximum Gasteiger partial charge on any atom is 0.301 e. The fraction of sp³-hybridized carbons (Fsp3) is 0.0455. The van der Waals surface area contributed by atoms with E-state index < -0.39 is 23.5 Å². The third-order valence-corrected chi connectivity index (χ3v) is 4.55. The molecule has 1 fully saturated rings. The summed E-state index contributed by atoms with van der Waals surface area (Å²) < 4.78 is 13.9. The number of aliphatic hydroxyl groups is 1. The van der Waals surface area contributed by atoms with Gasteiger partial charge in [-0.3, -0.25) is 14.5 Å². The molecule has 2 aromatic carbocycles. The van der Waals surface area contributed by atoms with E-state index >= 15 is 0 Å². The van der Waals surface area contributed by atoms with Gasteiger partial charge in [-0.15, -0.1) is 0 Å². The summed E-state index contributed by atoms with van der Waals surface area (Å²) in [7, 11) is 0. The van der Waals surface area contributed by atoms with Gasteiger partial charge in [0.2, 0.25) is 0 Å². The molecule has 1 aliphatic heterocycles. The summed E-state index contributed by atoms with van der Waals surface area (Å²) in [6.45, 7) is 0. The molecule has 0 spiro atoms. The Hall–Kier alpha value is -3.80. The zero-order valence-electron chi connectivity index (χ0n) is 14.6. The van der Waals surface area contributed by atoms with Crippen molar-refractivity contribution >= 4 is 23.3 Å². The molecule has 0 bridgehead atoms. The molecule has 0 saturated carbocycles. The number of amides is 1. The van der Waals surface area contributed by atoms with Crippen molar-refractivity contribution in [3.63, 3.8) is 0 Å². The number of hydrogen-bond donors (Lipinski definition) is 1. The van der Waals surface area contributed by atoms with Gasteiger partial charge in [0.05, 0.1) is 11.6 Å². The first-order chi connectivity index (χ1) is 13.6. The molecule has 28 heavy (non-hydrogen) atoms. The number of aliphatic hydroxyl groups excluding tert-OH is 1. The lowest BCUT2D eigenvalue weighted by molar-refractivity contribution is -0.132. The highest BCUT2D eigenvalue weighted by molar-refractivity contribution is 6.51. The molecular weight excluding hydrogens is 359 g/mol. The molecular formula is C22H15FN2O3. The number of halogens is 1. The maximum atomic E-state index is 13.9. The summed E-state index contributed by atoms with van der Waals surface area (Å²) in [5.74, 6) is -2.26. The molecule has 1 aromatic heterocycles. The van der Waals surface area contributed by atoms with Crippen molar-refractivity contribution in [2.45, 2.75) is 6.04 Å². The standard InChI is InChI=1S/C22H15FN2O3/c23-16-10-6-9-15(13-16)19-18(20(26)14-7-2-1-3-8-14)21(27)22(28)25(19)17-11-4-5-12-24-17/h1-13,19,26H/b20-18+/t19-/m1/s1. The SMILES string of the molecule is O=C1C(=O)N(c2ccccn2)[C@H](c2cccc(F)c2)/C1=C(\O)c1ccccc1. The van der Waals surface area contributed by atoms with E-state index in [1.807, 2.05) is 0 Å². The molecule has 5 nitrogen and oxygen atoms in total. The van der Waals surface area contributed by atoms with Crippen LogP contribution in [0.4, 0.5) is 10.2 Å². The molecule has 4 rings (SSSR count). The van der Waals surface area contributed by atoms with Crippen LogP contribution in [0, 0.1) is 5.82 Å². The van der Waals surface area contributed by atoms with Gasteiger partial charge in [0.25, 0.3) is 5.78 Å². The molecule has 0 unspecified atom stereocenters. The minimum Gasteiger partial charge on any atom is -0.507 e. The van der Waals surface area contributed by atoms with Gasteiger partial charge in [-0.1, -0.05) is 48.5 Å². The predicted molar refractivity (Wildman–Crippen MR) is 102 cm³/mol. The average molecular weight is 374 g/mol. The van der Waals surface area contributed by atoms with E-state index in [9.17, 15) is 19.1 Å². The minimum absolute atomic E-state index is 0.104. The number of aromatic nitrogens is 1. The van der Waals surface area contributed by atoms with E-state index in [-0.39, 0.29) is 17.2 Å². The lowest BCUT2D eigenvalue weighted by Gasteiger charge is -2.24. The summed E-state index contributed by atoms with van der Waals surface area (Å²) in [5.41, 5.74) is 0.651. The summed E-state index contributed by atoms with van der Waals surface area (Å²) in [5, 5.41) is 10.8. The molecule has 1 saturated heterocycles. The summed E-state index contributed by atoms with van der Waals surface area (Å²) in [6.07, 6.45) is 1.49. The van der Waals surface area contributed by atoms with Crippen LogP contribution in [0.1, 0.15) is 17.2 Å². The van der Waals surface area contributed by atoms with Crippen LogP contribution in [0.15, 0.2) is 84.6 Å². The molecule has 6 heteroatoms. The number of benzene rings is 2. The van der Waals surface area contributed by atoms with E-state index in [4.69, 9.17) is 0 Å². The molecule has 0 aliphatic carbocycles. The summed E-state index contributed by atoms with van der Waals surface area (Å²) in [6, 6.07) is 18.0. The van der Waals surface area contributed by atoms with Crippen molar-refractivity contribution in [1.29, 1.82) is 0 Å². The first-order valence-corrected chi connectivity index (χ1v) is 8.61. The normalized spacial score (nSPS) is 18.5. The number of carbonyl (C=O) groups is 2. The lowest BCUT2D eigenvalue weighted by atomic mass is 9.95. The molecule has 2 heterocycles. The second kappa shape index (κ2) is 7.08. The van der Waals surface area contributed by atoms with Gasteiger partial charge in [0.15, 0.2) is 0 Å². The van der Waals surface area contributed by atoms with E-state index in [1.165, 1.54) is 29.3 Å². The number of ketones is 1. The lowest BCUT2D eigenvalue weighted by Crippen LogP contribution is -2.30. The third-order valence-electron chi connectivity index (χ3n) is 4.55. The van der Waals surface area contributed by atoms with Crippen molar-refractivity contribution < 1.29 is 19.1 Å². The van der Waals surface area contributed by atoms with Crippen molar-refractivity contribution in [2.24, 2.45) is 0 Å². The Morgan fingerprint density at radius 3 is 2.39 bits per heavy atom. The van der Waals surface area contributed by atoms with E-state index in [0.717, 1.165) is 0 Å². The molecule has 138 valence electrons. The van der Waals surface area contributed by atoms with E-state index in [1.54, 1.807) is 54.6 Å². The van der Waals surface area contributed by atoms with Crippen molar-refractivity contribution in [1.82, 2.24) is 4.98 Å². The maximum absolute atomic E-state index is 13.9. The van der Waals surface area contributed by atoms with Crippen LogP contribution < -0.4 is 4.90 Å². The zero-order chi connectivity index (χ0) is 19.7. The van der Waals surface area contributed by atoms with Gasteiger partial charge < -0.3 is 5.11 Å². The molecule has 3 aromatic rings. The topological polar surface area (TPSA) is 70.5 Å². The second-order valence-corrected chi connectivity index (χ2v) is 6.28. The molecule has 0 radical (unpaired) electrons. The smallest absolute Gasteiger partial charge is 0.301 e. The number of rotatable bonds is 3. The van der Waals surface area contributed by atoms with Gasteiger partial charge in [-0.25, -0.2) is 9.37 Å². The Morgan fingerprint density at radius 1 is 0.964 bits per heavy atom. The van der Waals surface area contributed by atoms with Gasteiger partial charge in [0.1, 0.15) is 17.4 Å². The molecule has 1 aliphatic rings. The van der Waals surface area contributed by atoms with E-state index in [0.29, 0.717) is 11.1 Å². The second-order valence-electron chi connectivity index (χ2n) is 6.28. The Balaban J connectivity index is 1.96. The quantitative estimate of drug-likeness (QED) is 0.430. The van der Waals surface area contributed by atoms with Crippen LogP contribution in [0.25, 0.3) is 5.76 Å². The van der Waals surface area contributed by atoms with Gasteiger partial charge in [-0.2, -0.15) is 0 Å². The van der Waals surface area contributed by atoms with Crippen molar-refractivity contribution in [2.75, 3.05) is 4.90 Å². The van der Waals surface area contributed by atoms with Crippen LogP contribution >= 0.6 is 0 Å². The van der Waals surface area contributed by atoms with Crippen LogP contribution in [0.5, 0.6) is 0 Å². The largest absolute Gasteiger partial charge is 0.507 e. The fourth-order valence-corrected chi connectivity index (χ4v) is 3.31. The van der Waals surface area contributed by atoms with E-state index in [2.05, 4.69) is 4.98 Å². The number of nitrogens with zero attached hydrogens (tertiary/aromatic N) is 2. The Labute approximate surface area is 160 Å². The van der Waals surface area contributed by atoms with Crippen molar-refractivity contribution in [3.8, 4) is 0 Å². The summed E-state index contributed by atoms with van der Waals surface area (Å²) >= 11 is 0. The minimum atomic E-state index is -0.995. The van der Waals surface area contributed by atoms with Crippen LogP contribution in [0.3, 0.4) is 0 Å². The molecule has 1 N–H and O–H groups in total.